The molecule has 0 saturated carbocycles. The van der Waals surface area contributed by atoms with E-state index in [1.54, 1.807) is 31.2 Å². The van der Waals surface area contributed by atoms with Crippen LogP contribution in [0.1, 0.15) is 15.9 Å². The standard InChI is InChI=1S/C14H12BrNO2/c1-9-8-10(6-7-13(9)17)16-14(18)11-4-2-3-5-12(11)15/h2-8,17H,1H3,(H,16,18). The fraction of sp³-hybridized carbons (Fsp3) is 0.0714. The summed E-state index contributed by atoms with van der Waals surface area (Å²) in [6, 6.07) is 12.2. The number of anilines is 1. The average Bonchev–Trinajstić information content (AvgIpc) is 2.34. The van der Waals surface area contributed by atoms with Gasteiger partial charge < -0.3 is 10.4 Å². The molecular formula is C14H12BrNO2. The number of carbonyl (C=O) groups excluding carboxylic acids is 1. The minimum absolute atomic E-state index is 0.187. The zero-order chi connectivity index (χ0) is 13.1. The summed E-state index contributed by atoms with van der Waals surface area (Å²) in [7, 11) is 0. The van der Waals surface area contributed by atoms with Gasteiger partial charge in [0.1, 0.15) is 5.75 Å². The van der Waals surface area contributed by atoms with Crippen LogP contribution in [0.25, 0.3) is 0 Å². The fourth-order valence-electron chi connectivity index (χ4n) is 1.58. The third-order valence-electron chi connectivity index (χ3n) is 2.57. The Kier molecular flexibility index (Phi) is 3.67. The first-order chi connectivity index (χ1) is 8.58. The second-order valence-electron chi connectivity index (χ2n) is 3.94. The molecule has 0 atom stereocenters. The molecule has 92 valence electrons. The van der Waals surface area contributed by atoms with Crippen molar-refractivity contribution in [3.63, 3.8) is 0 Å². The van der Waals surface area contributed by atoms with Crippen LogP contribution < -0.4 is 5.32 Å². The van der Waals surface area contributed by atoms with Crippen LogP contribution in [0.5, 0.6) is 5.75 Å². The summed E-state index contributed by atoms with van der Waals surface area (Å²) in [5.74, 6) is 0.0291. The van der Waals surface area contributed by atoms with Crippen molar-refractivity contribution in [3.8, 4) is 5.75 Å². The Morgan fingerprint density at radius 1 is 1.22 bits per heavy atom. The summed E-state index contributed by atoms with van der Waals surface area (Å²) in [6.45, 7) is 1.78. The van der Waals surface area contributed by atoms with Gasteiger partial charge in [-0.1, -0.05) is 12.1 Å². The molecule has 0 spiro atoms. The maximum absolute atomic E-state index is 12.0. The molecule has 0 aliphatic carbocycles. The Morgan fingerprint density at radius 3 is 2.61 bits per heavy atom. The highest BCUT2D eigenvalue weighted by molar-refractivity contribution is 9.10. The molecule has 2 rings (SSSR count). The predicted octanol–water partition coefficient (Wildman–Crippen LogP) is 3.72. The lowest BCUT2D eigenvalue weighted by molar-refractivity contribution is 0.102. The van der Waals surface area contributed by atoms with E-state index >= 15 is 0 Å². The SMILES string of the molecule is Cc1cc(NC(=O)c2ccccc2Br)ccc1O. The highest BCUT2D eigenvalue weighted by atomic mass is 79.9. The van der Waals surface area contributed by atoms with Crippen LogP contribution in [0.4, 0.5) is 5.69 Å². The molecule has 0 aliphatic rings. The highest BCUT2D eigenvalue weighted by Crippen LogP contribution is 2.22. The Labute approximate surface area is 114 Å². The van der Waals surface area contributed by atoms with E-state index in [9.17, 15) is 9.90 Å². The summed E-state index contributed by atoms with van der Waals surface area (Å²) in [5.41, 5.74) is 1.95. The van der Waals surface area contributed by atoms with Crippen molar-refractivity contribution in [1.29, 1.82) is 0 Å². The number of phenolic OH excluding ortho intramolecular Hbond substituents is 1. The van der Waals surface area contributed by atoms with E-state index < -0.39 is 0 Å². The minimum atomic E-state index is -0.187. The lowest BCUT2D eigenvalue weighted by atomic mass is 10.1. The molecule has 0 unspecified atom stereocenters. The summed E-state index contributed by atoms with van der Waals surface area (Å²) in [4.78, 5) is 12.0. The number of phenols is 1. The molecule has 0 heterocycles. The summed E-state index contributed by atoms with van der Waals surface area (Å²) in [6.07, 6.45) is 0. The van der Waals surface area contributed by atoms with E-state index in [2.05, 4.69) is 21.2 Å². The van der Waals surface area contributed by atoms with Crippen LogP contribution >= 0.6 is 15.9 Å². The van der Waals surface area contributed by atoms with Crippen LogP contribution in [0.3, 0.4) is 0 Å². The number of carbonyl (C=O) groups is 1. The van der Waals surface area contributed by atoms with Crippen LogP contribution in [-0.4, -0.2) is 11.0 Å². The molecule has 0 aliphatic heterocycles. The third-order valence-corrected chi connectivity index (χ3v) is 3.26. The number of aryl methyl sites for hydroxylation is 1. The van der Waals surface area contributed by atoms with Crippen LogP contribution in [0.2, 0.25) is 0 Å². The van der Waals surface area contributed by atoms with Crippen molar-refractivity contribution in [1.82, 2.24) is 0 Å². The van der Waals surface area contributed by atoms with Gasteiger partial charge in [0, 0.05) is 10.2 Å². The number of nitrogens with one attached hydrogen (secondary N) is 1. The molecule has 18 heavy (non-hydrogen) atoms. The van der Waals surface area contributed by atoms with Crippen molar-refractivity contribution >= 4 is 27.5 Å². The second kappa shape index (κ2) is 5.23. The number of hydrogen-bond donors (Lipinski definition) is 2. The molecule has 0 aromatic heterocycles. The summed E-state index contributed by atoms with van der Waals surface area (Å²) < 4.78 is 0.748. The molecule has 0 fully saturated rings. The van der Waals surface area contributed by atoms with Gasteiger partial charge >= 0.3 is 0 Å². The number of aromatic hydroxyl groups is 1. The predicted molar refractivity (Wildman–Crippen MR) is 74.9 cm³/mol. The van der Waals surface area contributed by atoms with E-state index in [1.807, 2.05) is 18.2 Å². The van der Waals surface area contributed by atoms with Gasteiger partial charge in [0.25, 0.3) is 5.91 Å². The molecular weight excluding hydrogens is 294 g/mol. The summed E-state index contributed by atoms with van der Waals surface area (Å²) in [5, 5.41) is 12.2. The molecule has 4 heteroatoms. The third kappa shape index (κ3) is 2.71. The zero-order valence-electron chi connectivity index (χ0n) is 9.77. The lowest BCUT2D eigenvalue weighted by Gasteiger charge is -2.08. The quantitative estimate of drug-likeness (QED) is 0.831. The first-order valence-electron chi connectivity index (χ1n) is 5.43. The van der Waals surface area contributed by atoms with E-state index in [-0.39, 0.29) is 11.7 Å². The van der Waals surface area contributed by atoms with Crippen molar-refractivity contribution < 1.29 is 9.90 Å². The first kappa shape index (κ1) is 12.6. The number of halogens is 1. The van der Waals surface area contributed by atoms with E-state index in [1.165, 1.54) is 0 Å². The molecule has 0 bridgehead atoms. The highest BCUT2D eigenvalue weighted by Gasteiger charge is 2.09. The molecule has 3 nitrogen and oxygen atoms in total. The van der Waals surface area contributed by atoms with E-state index in [4.69, 9.17) is 0 Å². The van der Waals surface area contributed by atoms with Gasteiger partial charge in [-0.25, -0.2) is 0 Å². The van der Waals surface area contributed by atoms with Gasteiger partial charge in [-0.2, -0.15) is 0 Å². The van der Waals surface area contributed by atoms with Crippen LogP contribution in [-0.2, 0) is 0 Å². The number of amides is 1. The molecule has 2 aromatic rings. The van der Waals surface area contributed by atoms with Gasteiger partial charge in [-0.05, 0) is 58.7 Å². The maximum atomic E-state index is 12.0. The second-order valence-corrected chi connectivity index (χ2v) is 4.79. The van der Waals surface area contributed by atoms with Gasteiger partial charge in [0.2, 0.25) is 0 Å². The number of hydrogen-bond acceptors (Lipinski definition) is 2. The Balaban J connectivity index is 2.22. The van der Waals surface area contributed by atoms with Gasteiger partial charge in [-0.15, -0.1) is 0 Å². The molecule has 0 radical (unpaired) electrons. The van der Waals surface area contributed by atoms with Crippen molar-refractivity contribution in [2.45, 2.75) is 6.92 Å². The molecule has 2 N–H and O–H groups in total. The maximum Gasteiger partial charge on any atom is 0.256 e. The lowest BCUT2D eigenvalue weighted by Crippen LogP contribution is -2.12. The summed E-state index contributed by atoms with van der Waals surface area (Å²) >= 11 is 3.34. The smallest absolute Gasteiger partial charge is 0.256 e. The van der Waals surface area contributed by atoms with Crippen molar-refractivity contribution in [2.75, 3.05) is 5.32 Å². The monoisotopic (exact) mass is 305 g/mol. The largest absolute Gasteiger partial charge is 0.508 e. The Morgan fingerprint density at radius 2 is 1.94 bits per heavy atom. The van der Waals surface area contributed by atoms with Gasteiger partial charge in [0.05, 0.1) is 5.56 Å². The van der Waals surface area contributed by atoms with Gasteiger partial charge in [-0.3, -0.25) is 4.79 Å². The number of benzene rings is 2. The van der Waals surface area contributed by atoms with Crippen molar-refractivity contribution in [2.24, 2.45) is 0 Å². The van der Waals surface area contributed by atoms with Crippen LogP contribution in [0, 0.1) is 6.92 Å². The topological polar surface area (TPSA) is 49.3 Å². The fourth-order valence-corrected chi connectivity index (χ4v) is 2.04. The van der Waals surface area contributed by atoms with E-state index in [0.717, 1.165) is 10.0 Å². The van der Waals surface area contributed by atoms with E-state index in [0.29, 0.717) is 11.3 Å². The average molecular weight is 306 g/mol. The normalized spacial score (nSPS) is 10.1. The first-order valence-corrected chi connectivity index (χ1v) is 6.23. The molecule has 2 aromatic carbocycles. The van der Waals surface area contributed by atoms with Crippen molar-refractivity contribution in [3.05, 3.63) is 58.1 Å². The number of rotatable bonds is 2. The molecule has 1 amide bonds. The Hall–Kier alpha value is -1.81. The van der Waals surface area contributed by atoms with Crippen LogP contribution in [0.15, 0.2) is 46.9 Å². The minimum Gasteiger partial charge on any atom is -0.508 e. The molecule has 0 saturated heterocycles. The zero-order valence-corrected chi connectivity index (χ0v) is 11.4. The van der Waals surface area contributed by atoms with Gasteiger partial charge in [0.15, 0.2) is 0 Å². The Bertz CT molecular complexity index is 596.